The SMILES string of the molecule is O=C(O)NC[C@H]1OB(O)c2ccc3c(c21)OCO3. The van der Waals surface area contributed by atoms with Crippen LogP contribution in [0.1, 0.15) is 11.7 Å². The Balaban J connectivity index is 1.95. The van der Waals surface area contributed by atoms with Gasteiger partial charge in [0.15, 0.2) is 11.5 Å². The van der Waals surface area contributed by atoms with E-state index in [0.29, 0.717) is 22.5 Å². The Kier molecular flexibility index (Phi) is 2.53. The van der Waals surface area contributed by atoms with Crippen LogP contribution in [-0.2, 0) is 4.65 Å². The second-order valence-corrected chi connectivity index (χ2v) is 3.97. The molecule has 1 aromatic rings. The smallest absolute Gasteiger partial charge is 0.465 e. The highest BCUT2D eigenvalue weighted by atomic mass is 16.7. The summed E-state index contributed by atoms with van der Waals surface area (Å²) in [6.07, 6.45) is -1.73. The number of ether oxygens (including phenoxy) is 2. The molecule has 3 N–H and O–H groups in total. The Morgan fingerprint density at radius 3 is 3.11 bits per heavy atom. The molecule has 1 aromatic carbocycles. The maximum atomic E-state index is 10.5. The molecule has 0 aliphatic carbocycles. The maximum Gasteiger partial charge on any atom is 0.492 e. The van der Waals surface area contributed by atoms with Gasteiger partial charge in [-0.1, -0.05) is 6.07 Å². The minimum absolute atomic E-state index is 0.0409. The van der Waals surface area contributed by atoms with E-state index in [-0.39, 0.29) is 13.3 Å². The van der Waals surface area contributed by atoms with E-state index in [1.807, 2.05) is 0 Å². The average Bonchev–Trinajstić information content (AvgIpc) is 2.90. The normalized spacial score (nSPS) is 19.8. The standard InChI is InChI=1S/C10H10BNO6/c13-10(14)12-3-7-8-5(11(15)18-7)1-2-6-9(8)17-4-16-6/h1-2,7,12,15H,3-4H2,(H,13,14)/t7-/m1/s1. The van der Waals surface area contributed by atoms with Gasteiger partial charge in [-0.3, -0.25) is 0 Å². The first-order chi connectivity index (χ1) is 8.66. The first-order valence-electron chi connectivity index (χ1n) is 5.39. The molecule has 2 heterocycles. The van der Waals surface area contributed by atoms with Crippen molar-refractivity contribution < 1.29 is 29.1 Å². The number of hydrogen-bond acceptors (Lipinski definition) is 5. The number of benzene rings is 1. The molecule has 18 heavy (non-hydrogen) atoms. The largest absolute Gasteiger partial charge is 0.492 e. The van der Waals surface area contributed by atoms with Gasteiger partial charge in [0, 0.05) is 12.1 Å². The molecule has 1 atom stereocenters. The predicted molar refractivity (Wildman–Crippen MR) is 60.0 cm³/mol. The molecular weight excluding hydrogens is 241 g/mol. The van der Waals surface area contributed by atoms with Crippen LogP contribution in [0.25, 0.3) is 0 Å². The third kappa shape index (κ3) is 1.66. The number of hydrogen-bond donors (Lipinski definition) is 3. The van der Waals surface area contributed by atoms with Crippen LogP contribution in [0.5, 0.6) is 11.5 Å². The number of carboxylic acid groups (broad SMARTS) is 1. The summed E-state index contributed by atoms with van der Waals surface area (Å²) in [7, 11) is -1.07. The van der Waals surface area contributed by atoms with E-state index in [1.165, 1.54) is 0 Å². The molecule has 8 heteroatoms. The topological polar surface area (TPSA) is 97.3 Å². The summed E-state index contributed by atoms with van der Waals surface area (Å²) in [5.74, 6) is 1.09. The van der Waals surface area contributed by atoms with Crippen molar-refractivity contribution in [2.45, 2.75) is 6.10 Å². The molecule has 7 nitrogen and oxygen atoms in total. The summed E-state index contributed by atoms with van der Waals surface area (Å²) in [6.45, 7) is 0.153. The molecule has 0 spiro atoms. The lowest BCUT2D eigenvalue weighted by atomic mass is 9.79. The predicted octanol–water partition coefficient (Wildman–Crippen LogP) is -0.558. The molecular formula is C10H10BNO6. The van der Waals surface area contributed by atoms with Gasteiger partial charge in [0.2, 0.25) is 6.79 Å². The molecule has 2 aliphatic heterocycles. The minimum Gasteiger partial charge on any atom is -0.465 e. The summed E-state index contributed by atoms with van der Waals surface area (Å²) in [4.78, 5) is 10.5. The first kappa shape index (κ1) is 11.2. The van der Waals surface area contributed by atoms with Crippen LogP contribution in [0.4, 0.5) is 4.79 Å². The van der Waals surface area contributed by atoms with Crippen molar-refractivity contribution in [3.05, 3.63) is 17.7 Å². The lowest BCUT2D eigenvalue weighted by Crippen LogP contribution is -2.29. The molecule has 0 unspecified atom stereocenters. The Morgan fingerprint density at radius 1 is 1.50 bits per heavy atom. The Hall–Kier alpha value is -1.93. The van der Waals surface area contributed by atoms with Gasteiger partial charge in [-0.15, -0.1) is 0 Å². The second kappa shape index (κ2) is 4.07. The highest BCUT2D eigenvalue weighted by molar-refractivity contribution is 6.62. The third-order valence-electron chi connectivity index (χ3n) is 2.93. The van der Waals surface area contributed by atoms with E-state index in [4.69, 9.17) is 19.2 Å². The first-order valence-corrected chi connectivity index (χ1v) is 5.39. The van der Waals surface area contributed by atoms with Crippen LogP contribution >= 0.6 is 0 Å². The Labute approximate surface area is 102 Å². The fourth-order valence-electron chi connectivity index (χ4n) is 2.18. The molecule has 0 saturated heterocycles. The van der Waals surface area contributed by atoms with Crippen LogP contribution < -0.4 is 20.3 Å². The zero-order valence-electron chi connectivity index (χ0n) is 9.25. The van der Waals surface area contributed by atoms with Crippen molar-refractivity contribution in [3.8, 4) is 11.5 Å². The molecule has 0 bridgehead atoms. The molecule has 0 saturated carbocycles. The number of nitrogens with one attached hydrogen (secondary N) is 1. The molecule has 1 amide bonds. The monoisotopic (exact) mass is 251 g/mol. The molecule has 94 valence electrons. The second-order valence-electron chi connectivity index (χ2n) is 3.97. The van der Waals surface area contributed by atoms with E-state index >= 15 is 0 Å². The van der Waals surface area contributed by atoms with Crippen LogP contribution in [-0.4, -0.2) is 36.7 Å². The fraction of sp³-hybridized carbons (Fsp3) is 0.300. The summed E-state index contributed by atoms with van der Waals surface area (Å²) < 4.78 is 15.9. The average molecular weight is 251 g/mol. The van der Waals surface area contributed by atoms with E-state index < -0.39 is 19.3 Å². The number of rotatable bonds is 2. The van der Waals surface area contributed by atoms with Crippen molar-refractivity contribution in [1.29, 1.82) is 0 Å². The summed E-state index contributed by atoms with van der Waals surface area (Å²) in [6, 6.07) is 3.38. The van der Waals surface area contributed by atoms with Crippen LogP contribution in [0, 0.1) is 0 Å². The van der Waals surface area contributed by atoms with Gasteiger partial charge in [-0.2, -0.15) is 0 Å². The van der Waals surface area contributed by atoms with Crippen LogP contribution in [0.15, 0.2) is 12.1 Å². The Morgan fingerprint density at radius 2 is 2.33 bits per heavy atom. The van der Waals surface area contributed by atoms with Gasteiger partial charge < -0.3 is 29.6 Å². The summed E-state index contributed by atoms with van der Waals surface area (Å²) >= 11 is 0. The lowest BCUT2D eigenvalue weighted by molar-refractivity contribution is 0.157. The van der Waals surface area contributed by atoms with Crippen LogP contribution in [0.2, 0.25) is 0 Å². The number of carbonyl (C=O) groups is 1. The quantitative estimate of drug-likeness (QED) is 0.609. The van der Waals surface area contributed by atoms with Crippen molar-refractivity contribution in [3.63, 3.8) is 0 Å². The zero-order chi connectivity index (χ0) is 12.7. The highest BCUT2D eigenvalue weighted by Crippen LogP contribution is 2.40. The summed E-state index contributed by atoms with van der Waals surface area (Å²) in [5, 5.41) is 20.6. The minimum atomic E-state index is -1.15. The number of fused-ring (bicyclic) bond motifs is 3. The molecule has 0 fully saturated rings. The van der Waals surface area contributed by atoms with Gasteiger partial charge in [-0.05, 0) is 11.5 Å². The molecule has 0 radical (unpaired) electrons. The maximum absolute atomic E-state index is 10.5. The zero-order valence-corrected chi connectivity index (χ0v) is 9.25. The molecule has 2 aliphatic rings. The van der Waals surface area contributed by atoms with Crippen molar-refractivity contribution in [2.75, 3.05) is 13.3 Å². The third-order valence-corrected chi connectivity index (χ3v) is 2.93. The van der Waals surface area contributed by atoms with Gasteiger partial charge in [0.25, 0.3) is 0 Å². The van der Waals surface area contributed by atoms with E-state index in [1.54, 1.807) is 12.1 Å². The highest BCUT2D eigenvalue weighted by Gasteiger charge is 2.40. The van der Waals surface area contributed by atoms with Gasteiger partial charge in [0.05, 0.1) is 6.10 Å². The van der Waals surface area contributed by atoms with Gasteiger partial charge in [0.1, 0.15) is 0 Å². The Bertz CT molecular complexity index is 507. The molecule has 0 aromatic heterocycles. The summed E-state index contributed by atoms with van der Waals surface area (Å²) in [5.41, 5.74) is 1.22. The fourth-order valence-corrected chi connectivity index (χ4v) is 2.18. The van der Waals surface area contributed by atoms with Crippen molar-refractivity contribution >= 4 is 18.7 Å². The van der Waals surface area contributed by atoms with E-state index in [0.717, 1.165) is 0 Å². The van der Waals surface area contributed by atoms with E-state index in [2.05, 4.69) is 5.32 Å². The van der Waals surface area contributed by atoms with Gasteiger partial charge >= 0.3 is 13.2 Å². The van der Waals surface area contributed by atoms with Gasteiger partial charge in [-0.25, -0.2) is 4.79 Å². The van der Waals surface area contributed by atoms with Crippen LogP contribution in [0.3, 0.4) is 0 Å². The number of amides is 1. The molecule has 3 rings (SSSR count). The van der Waals surface area contributed by atoms with Crippen molar-refractivity contribution in [2.24, 2.45) is 0 Å². The van der Waals surface area contributed by atoms with Crippen molar-refractivity contribution in [1.82, 2.24) is 5.32 Å². The van der Waals surface area contributed by atoms with E-state index in [9.17, 15) is 9.82 Å². The lowest BCUT2D eigenvalue weighted by Gasteiger charge is -2.13.